The molecule has 0 unspecified atom stereocenters. The molecule has 150 valence electrons. The van der Waals surface area contributed by atoms with E-state index in [1.807, 2.05) is 0 Å². The van der Waals surface area contributed by atoms with Gasteiger partial charge >= 0.3 is 8.80 Å². The molecule has 10 heteroatoms. The van der Waals surface area contributed by atoms with Crippen molar-refractivity contribution in [1.82, 2.24) is 4.90 Å². The zero-order chi connectivity index (χ0) is 20.4. The fraction of sp³-hybridized carbons (Fsp3) is 0.750. The lowest BCUT2D eigenvalue weighted by Gasteiger charge is -2.43. The SMILES string of the molecule is C[Si](C)(C)O[Si](CCCN1C(=O)C=CC1=O)(O[Si](C)(C)C)O[Si](C)(C)C. The maximum absolute atomic E-state index is 11.8. The summed E-state index contributed by atoms with van der Waals surface area (Å²) in [6, 6.07) is 0.628. The van der Waals surface area contributed by atoms with Crippen LogP contribution in [-0.4, -0.2) is 57.0 Å². The molecule has 0 radical (unpaired) electrons. The molecule has 0 N–H and O–H groups in total. The maximum atomic E-state index is 11.8. The number of carbonyl (C=O) groups is 2. The number of nitrogens with zero attached hydrogens (tertiary/aromatic N) is 1. The Kier molecular flexibility index (Phi) is 7.58. The Morgan fingerprint density at radius 1 is 0.731 bits per heavy atom. The van der Waals surface area contributed by atoms with E-state index < -0.39 is 33.8 Å². The third-order valence-corrected chi connectivity index (χ3v) is 15.2. The van der Waals surface area contributed by atoms with Gasteiger partial charge in [-0.1, -0.05) is 0 Å². The average molecular weight is 434 g/mol. The predicted octanol–water partition coefficient (Wildman–Crippen LogP) is 3.79. The Morgan fingerprint density at radius 3 is 1.38 bits per heavy atom. The lowest BCUT2D eigenvalue weighted by Crippen LogP contribution is -2.60. The second kappa shape index (κ2) is 8.33. The molecule has 26 heavy (non-hydrogen) atoms. The van der Waals surface area contributed by atoms with E-state index in [2.05, 4.69) is 58.9 Å². The van der Waals surface area contributed by atoms with Gasteiger partial charge in [0.1, 0.15) is 0 Å². The molecule has 1 heterocycles. The lowest BCUT2D eigenvalue weighted by atomic mass is 10.4. The highest BCUT2D eigenvalue weighted by molar-refractivity contribution is 6.90. The highest BCUT2D eigenvalue weighted by atomic mass is 28.5. The molecule has 1 rings (SSSR count). The Hall–Kier alpha value is -0.372. The Labute approximate surface area is 162 Å². The van der Waals surface area contributed by atoms with Crippen LogP contribution in [0, 0.1) is 0 Å². The van der Waals surface area contributed by atoms with Crippen molar-refractivity contribution in [2.45, 2.75) is 71.4 Å². The third kappa shape index (κ3) is 8.54. The van der Waals surface area contributed by atoms with Crippen molar-refractivity contribution in [1.29, 1.82) is 0 Å². The van der Waals surface area contributed by atoms with Crippen molar-refractivity contribution in [2.24, 2.45) is 0 Å². The first kappa shape index (κ1) is 23.7. The van der Waals surface area contributed by atoms with Crippen LogP contribution < -0.4 is 0 Å². The summed E-state index contributed by atoms with van der Waals surface area (Å²) < 4.78 is 19.8. The number of hydrogen-bond acceptors (Lipinski definition) is 5. The van der Waals surface area contributed by atoms with E-state index in [0.29, 0.717) is 19.0 Å². The van der Waals surface area contributed by atoms with Gasteiger partial charge in [0.15, 0.2) is 25.0 Å². The number of imide groups is 1. The van der Waals surface area contributed by atoms with E-state index in [4.69, 9.17) is 12.3 Å². The molecule has 0 aromatic heterocycles. The lowest BCUT2D eigenvalue weighted by molar-refractivity contribution is -0.136. The van der Waals surface area contributed by atoms with Crippen LogP contribution in [0.5, 0.6) is 0 Å². The predicted molar refractivity (Wildman–Crippen MR) is 114 cm³/mol. The number of amides is 2. The van der Waals surface area contributed by atoms with Crippen molar-refractivity contribution < 1.29 is 21.9 Å². The molecule has 0 fully saturated rings. The first-order chi connectivity index (χ1) is 11.5. The maximum Gasteiger partial charge on any atom is 0.469 e. The summed E-state index contributed by atoms with van der Waals surface area (Å²) in [5.74, 6) is -0.490. The smallest absolute Gasteiger partial charge is 0.417 e. The van der Waals surface area contributed by atoms with Crippen LogP contribution in [0.2, 0.25) is 65.0 Å². The summed E-state index contributed by atoms with van der Waals surface area (Å²) in [6.07, 6.45) is 3.27. The number of carbonyl (C=O) groups excluding carboxylic acids is 2. The van der Waals surface area contributed by atoms with Crippen LogP contribution >= 0.6 is 0 Å². The Balaban J connectivity index is 2.99. The van der Waals surface area contributed by atoms with Crippen LogP contribution in [0.15, 0.2) is 12.2 Å². The van der Waals surface area contributed by atoms with Gasteiger partial charge in [-0.15, -0.1) is 0 Å². The van der Waals surface area contributed by atoms with Crippen molar-refractivity contribution in [3.8, 4) is 0 Å². The fourth-order valence-electron chi connectivity index (χ4n) is 2.72. The summed E-state index contributed by atoms with van der Waals surface area (Å²) in [6.45, 7) is 19.7. The molecule has 0 aliphatic carbocycles. The summed E-state index contributed by atoms with van der Waals surface area (Å²) >= 11 is 0. The molecule has 0 bridgehead atoms. The van der Waals surface area contributed by atoms with E-state index >= 15 is 0 Å². The molecule has 1 aliphatic rings. The van der Waals surface area contributed by atoms with Crippen LogP contribution in [0.25, 0.3) is 0 Å². The minimum absolute atomic E-state index is 0.245. The second-order valence-electron chi connectivity index (χ2n) is 9.59. The monoisotopic (exact) mass is 433 g/mol. The van der Waals surface area contributed by atoms with E-state index in [0.717, 1.165) is 0 Å². The largest absolute Gasteiger partial charge is 0.469 e. The Morgan fingerprint density at radius 2 is 1.08 bits per heavy atom. The molecular weight excluding hydrogens is 399 g/mol. The summed E-state index contributed by atoms with van der Waals surface area (Å²) in [4.78, 5) is 24.8. The molecule has 0 saturated heterocycles. The zero-order valence-electron chi connectivity index (χ0n) is 17.8. The van der Waals surface area contributed by atoms with Crippen LogP contribution in [0.4, 0.5) is 0 Å². The summed E-state index contributed by atoms with van der Waals surface area (Å²) in [7, 11) is -8.62. The van der Waals surface area contributed by atoms with Gasteiger partial charge in [-0.2, -0.15) is 0 Å². The summed E-state index contributed by atoms with van der Waals surface area (Å²) in [5.41, 5.74) is 0. The van der Waals surface area contributed by atoms with Gasteiger partial charge in [0.25, 0.3) is 11.8 Å². The highest BCUT2D eigenvalue weighted by Crippen LogP contribution is 2.30. The molecule has 1 aliphatic heterocycles. The quantitative estimate of drug-likeness (QED) is 0.387. The average Bonchev–Trinajstić information content (AvgIpc) is 2.63. The van der Waals surface area contributed by atoms with E-state index in [-0.39, 0.29) is 11.8 Å². The third-order valence-electron chi connectivity index (χ3n) is 3.15. The van der Waals surface area contributed by atoms with Gasteiger partial charge in [-0.05, 0) is 65.3 Å². The minimum Gasteiger partial charge on any atom is -0.417 e. The minimum atomic E-state index is -2.90. The molecule has 0 aromatic carbocycles. The van der Waals surface area contributed by atoms with Crippen LogP contribution in [-0.2, 0) is 21.9 Å². The van der Waals surface area contributed by atoms with Gasteiger partial charge in [-0.3, -0.25) is 14.5 Å². The number of rotatable bonds is 10. The number of hydrogen-bond donors (Lipinski definition) is 0. The first-order valence-electron chi connectivity index (χ1n) is 9.16. The Bertz CT molecular complexity index is 502. The van der Waals surface area contributed by atoms with Crippen molar-refractivity contribution in [2.75, 3.05) is 6.54 Å². The van der Waals surface area contributed by atoms with Crippen LogP contribution in [0.1, 0.15) is 6.42 Å². The zero-order valence-corrected chi connectivity index (χ0v) is 21.8. The van der Waals surface area contributed by atoms with Crippen molar-refractivity contribution in [3.05, 3.63) is 12.2 Å². The van der Waals surface area contributed by atoms with E-state index in [9.17, 15) is 9.59 Å². The van der Waals surface area contributed by atoms with Gasteiger partial charge in [0.05, 0.1) is 0 Å². The highest BCUT2D eigenvalue weighted by Gasteiger charge is 2.49. The molecule has 6 nitrogen and oxygen atoms in total. The first-order valence-corrected chi connectivity index (χ1v) is 21.3. The molecule has 0 spiro atoms. The van der Waals surface area contributed by atoms with Crippen molar-refractivity contribution >= 4 is 45.6 Å². The van der Waals surface area contributed by atoms with Gasteiger partial charge in [0, 0.05) is 24.7 Å². The normalized spacial score (nSPS) is 16.7. The molecule has 2 amide bonds. The van der Waals surface area contributed by atoms with Crippen molar-refractivity contribution in [3.63, 3.8) is 0 Å². The standard InChI is InChI=1S/C16H35NO5Si4/c1-23(2,3)20-26(21-24(4,5)6,22-25(7,8)9)14-10-13-17-15(18)11-12-16(17)19/h11-12H,10,13-14H2,1-9H3. The van der Waals surface area contributed by atoms with E-state index in [1.165, 1.54) is 17.1 Å². The molecule has 0 aromatic rings. The van der Waals surface area contributed by atoms with Crippen LogP contribution in [0.3, 0.4) is 0 Å². The van der Waals surface area contributed by atoms with Gasteiger partial charge < -0.3 is 12.3 Å². The van der Waals surface area contributed by atoms with Gasteiger partial charge in [-0.25, -0.2) is 0 Å². The molecule has 0 saturated carbocycles. The summed E-state index contributed by atoms with van der Waals surface area (Å²) in [5, 5.41) is 0. The topological polar surface area (TPSA) is 65.1 Å². The second-order valence-corrected chi connectivity index (χ2v) is 26.6. The van der Waals surface area contributed by atoms with E-state index in [1.54, 1.807) is 0 Å². The van der Waals surface area contributed by atoms with Gasteiger partial charge in [0.2, 0.25) is 0 Å². The molecule has 0 atom stereocenters. The molecular formula is C16H35NO5Si4. The fourth-order valence-corrected chi connectivity index (χ4v) is 17.4.